The first-order valence-electron chi connectivity index (χ1n) is 7.04. The Labute approximate surface area is 132 Å². The summed E-state index contributed by atoms with van der Waals surface area (Å²) in [5, 5.41) is 0. The lowest BCUT2D eigenvalue weighted by atomic mass is 9.96. The minimum atomic E-state index is -4.69. The van der Waals surface area contributed by atoms with Gasteiger partial charge in [0.1, 0.15) is 12.4 Å². The average Bonchev–Trinajstić information content (AvgIpc) is 2.46. The molecule has 0 amide bonds. The van der Waals surface area contributed by atoms with Crippen molar-refractivity contribution in [2.24, 2.45) is 11.7 Å². The summed E-state index contributed by atoms with van der Waals surface area (Å²) in [6.07, 6.45) is -4.41. The van der Waals surface area contributed by atoms with Crippen molar-refractivity contribution in [3.05, 3.63) is 41.2 Å². The van der Waals surface area contributed by atoms with Crippen LogP contribution in [0.15, 0.2) is 30.1 Å². The lowest BCUT2D eigenvalue weighted by molar-refractivity contribution is -0.138. The van der Waals surface area contributed by atoms with Gasteiger partial charge in [0.15, 0.2) is 5.78 Å². The lowest BCUT2D eigenvalue weighted by Crippen LogP contribution is -2.15. The van der Waals surface area contributed by atoms with E-state index in [2.05, 4.69) is 0 Å². The molecule has 7 heteroatoms. The minimum absolute atomic E-state index is 0.0190. The molecule has 0 aliphatic rings. The molecule has 1 aromatic rings. The van der Waals surface area contributed by atoms with Gasteiger partial charge in [0.05, 0.1) is 11.9 Å². The van der Waals surface area contributed by atoms with Gasteiger partial charge in [-0.25, -0.2) is 4.39 Å². The van der Waals surface area contributed by atoms with Crippen molar-refractivity contribution >= 4 is 5.78 Å². The summed E-state index contributed by atoms with van der Waals surface area (Å²) in [5.74, 6) is -0.738. The van der Waals surface area contributed by atoms with Gasteiger partial charge < -0.3 is 10.5 Å². The van der Waals surface area contributed by atoms with Crippen molar-refractivity contribution in [1.82, 2.24) is 0 Å². The molecule has 0 saturated heterocycles. The summed E-state index contributed by atoms with van der Waals surface area (Å²) >= 11 is 0. The van der Waals surface area contributed by atoms with E-state index in [1.807, 2.05) is 0 Å². The summed E-state index contributed by atoms with van der Waals surface area (Å²) in [4.78, 5) is 12.0. The van der Waals surface area contributed by atoms with Crippen LogP contribution in [0.2, 0.25) is 0 Å². The molecule has 0 bridgehead atoms. The number of hydrogen-bond donors (Lipinski definition) is 1. The maximum Gasteiger partial charge on any atom is 0.417 e. The van der Waals surface area contributed by atoms with Crippen molar-refractivity contribution in [2.45, 2.75) is 26.4 Å². The molecule has 0 unspecified atom stereocenters. The molecule has 1 rings (SSSR count). The molecule has 0 aliphatic carbocycles. The van der Waals surface area contributed by atoms with E-state index in [0.717, 1.165) is 12.1 Å². The molecule has 0 fully saturated rings. The molecule has 0 radical (unpaired) electrons. The molecule has 0 atom stereocenters. The number of nitrogens with two attached hydrogens (primary N) is 1. The van der Waals surface area contributed by atoms with E-state index >= 15 is 0 Å². The van der Waals surface area contributed by atoms with Crippen molar-refractivity contribution in [1.29, 1.82) is 0 Å². The maximum absolute atomic E-state index is 13.2. The molecule has 0 spiro atoms. The van der Waals surface area contributed by atoms with E-state index < -0.39 is 23.1 Å². The zero-order chi connectivity index (χ0) is 17.6. The fourth-order valence-electron chi connectivity index (χ4n) is 1.88. The smallest absolute Gasteiger partial charge is 0.417 e. The number of Topliss-reactive ketones (excluding diaryl/α,β-unsaturated/α-hetero) is 1. The Kier molecular flexibility index (Phi) is 6.75. The topological polar surface area (TPSA) is 52.3 Å². The molecule has 3 nitrogen and oxygen atoms in total. The van der Waals surface area contributed by atoms with Gasteiger partial charge in [-0.2, -0.15) is 13.2 Å². The van der Waals surface area contributed by atoms with E-state index in [1.165, 1.54) is 6.07 Å². The summed E-state index contributed by atoms with van der Waals surface area (Å²) < 4.78 is 57.0. The van der Waals surface area contributed by atoms with Crippen LogP contribution >= 0.6 is 0 Å². The Hall–Kier alpha value is -1.89. The van der Waals surface area contributed by atoms with Gasteiger partial charge in [-0.3, -0.25) is 4.79 Å². The van der Waals surface area contributed by atoms with Gasteiger partial charge in [0.2, 0.25) is 0 Å². The van der Waals surface area contributed by atoms with Gasteiger partial charge in [-0.1, -0.05) is 13.8 Å². The third kappa shape index (κ3) is 5.67. The van der Waals surface area contributed by atoms with Crippen molar-refractivity contribution in [2.75, 3.05) is 13.2 Å². The van der Waals surface area contributed by atoms with Gasteiger partial charge in [0.25, 0.3) is 0 Å². The standard InChI is InChI=1S/C16H19F4NO2/c1-10(2)5-15(22)13-4-3-12(6-14(13)16(18,19)20)23-9-11(7-17)8-21/h3-4,6-7,10H,5,8-9,21H2,1-2H3/b11-7+. The normalized spacial score (nSPS) is 12.6. The van der Waals surface area contributed by atoms with Gasteiger partial charge in [-0.15, -0.1) is 0 Å². The number of carbonyl (C=O) groups is 1. The number of ether oxygens (including phenoxy) is 1. The van der Waals surface area contributed by atoms with E-state index in [0.29, 0.717) is 0 Å². The van der Waals surface area contributed by atoms with Crippen LogP contribution in [0.3, 0.4) is 0 Å². The molecular formula is C16H19F4NO2. The number of alkyl halides is 3. The minimum Gasteiger partial charge on any atom is -0.489 e. The van der Waals surface area contributed by atoms with Crippen LogP contribution in [0, 0.1) is 5.92 Å². The number of benzene rings is 1. The second-order valence-corrected chi connectivity index (χ2v) is 5.49. The lowest BCUT2D eigenvalue weighted by Gasteiger charge is -2.15. The third-order valence-corrected chi connectivity index (χ3v) is 3.03. The molecule has 128 valence electrons. The fourth-order valence-corrected chi connectivity index (χ4v) is 1.88. The fraction of sp³-hybridized carbons (Fsp3) is 0.438. The molecule has 1 aromatic carbocycles. The quantitative estimate of drug-likeness (QED) is 0.603. The Balaban J connectivity index is 3.09. The molecule has 23 heavy (non-hydrogen) atoms. The molecular weight excluding hydrogens is 314 g/mol. The SMILES string of the molecule is CC(C)CC(=O)c1ccc(OC/C(=C/F)CN)cc1C(F)(F)F. The zero-order valence-electron chi connectivity index (χ0n) is 12.9. The Bertz CT molecular complexity index is 580. The second-order valence-electron chi connectivity index (χ2n) is 5.49. The Morgan fingerprint density at radius 1 is 1.35 bits per heavy atom. The van der Waals surface area contributed by atoms with E-state index in [9.17, 15) is 22.4 Å². The number of halogens is 4. The summed E-state index contributed by atoms with van der Waals surface area (Å²) in [7, 11) is 0. The highest BCUT2D eigenvalue weighted by atomic mass is 19.4. The number of carbonyl (C=O) groups excluding carboxylic acids is 1. The molecule has 0 aliphatic heterocycles. The van der Waals surface area contributed by atoms with Crippen LogP contribution < -0.4 is 10.5 Å². The molecule has 0 saturated carbocycles. The van der Waals surface area contributed by atoms with Gasteiger partial charge in [-0.05, 0) is 24.1 Å². The monoisotopic (exact) mass is 333 g/mol. The van der Waals surface area contributed by atoms with Crippen molar-refractivity contribution in [3.8, 4) is 5.75 Å². The van der Waals surface area contributed by atoms with Gasteiger partial charge >= 0.3 is 6.18 Å². The van der Waals surface area contributed by atoms with Crippen LogP contribution in [0.25, 0.3) is 0 Å². The molecule has 0 heterocycles. The third-order valence-electron chi connectivity index (χ3n) is 3.03. The predicted octanol–water partition coefficient (Wildman–Crippen LogP) is 4.13. The summed E-state index contributed by atoms with van der Waals surface area (Å²) in [6, 6.07) is 3.10. The first-order chi connectivity index (χ1) is 10.7. The Morgan fingerprint density at radius 2 is 2.00 bits per heavy atom. The Morgan fingerprint density at radius 3 is 2.48 bits per heavy atom. The number of hydrogen-bond acceptors (Lipinski definition) is 3. The number of ketones is 1. The predicted molar refractivity (Wildman–Crippen MR) is 79.0 cm³/mol. The first kappa shape index (κ1) is 19.2. The van der Waals surface area contributed by atoms with E-state index in [-0.39, 0.29) is 43.1 Å². The van der Waals surface area contributed by atoms with Crippen LogP contribution in [-0.2, 0) is 6.18 Å². The van der Waals surface area contributed by atoms with Gasteiger partial charge in [0, 0.05) is 24.1 Å². The highest BCUT2D eigenvalue weighted by Crippen LogP contribution is 2.35. The van der Waals surface area contributed by atoms with Crippen LogP contribution in [0.5, 0.6) is 5.75 Å². The number of rotatable bonds is 7. The van der Waals surface area contributed by atoms with Crippen LogP contribution in [-0.4, -0.2) is 18.9 Å². The molecule has 2 N–H and O–H groups in total. The highest BCUT2D eigenvalue weighted by molar-refractivity contribution is 5.98. The van der Waals surface area contributed by atoms with E-state index in [1.54, 1.807) is 13.8 Å². The highest BCUT2D eigenvalue weighted by Gasteiger charge is 2.35. The van der Waals surface area contributed by atoms with Crippen LogP contribution in [0.4, 0.5) is 17.6 Å². The second kappa shape index (κ2) is 8.10. The first-order valence-corrected chi connectivity index (χ1v) is 7.04. The van der Waals surface area contributed by atoms with Crippen molar-refractivity contribution < 1.29 is 27.1 Å². The average molecular weight is 333 g/mol. The zero-order valence-corrected chi connectivity index (χ0v) is 12.9. The van der Waals surface area contributed by atoms with E-state index in [4.69, 9.17) is 10.5 Å². The largest absolute Gasteiger partial charge is 0.489 e. The molecule has 0 aromatic heterocycles. The maximum atomic E-state index is 13.2. The van der Waals surface area contributed by atoms with Crippen LogP contribution in [0.1, 0.15) is 36.2 Å². The summed E-state index contributed by atoms with van der Waals surface area (Å²) in [6.45, 7) is 3.14. The van der Waals surface area contributed by atoms with Crippen molar-refractivity contribution in [3.63, 3.8) is 0 Å². The summed E-state index contributed by atoms with van der Waals surface area (Å²) in [5.41, 5.74) is 3.91.